The molecule has 3 fully saturated rings. The zero-order valence-electron chi connectivity index (χ0n) is 23.2. The second-order valence-electron chi connectivity index (χ2n) is 13.3. The SMILES string of the molecule is CC1CC2C3CC=C4CC(O)CCC4(C)C3CCC2(C)C1C(=O)CC[NH2+]C(C)C(O)c1ccccc1.[Cl-]. The van der Waals surface area contributed by atoms with Gasteiger partial charge >= 0.3 is 0 Å². The summed E-state index contributed by atoms with van der Waals surface area (Å²) < 4.78 is 0. The van der Waals surface area contributed by atoms with Crippen LogP contribution in [0.2, 0.25) is 0 Å². The van der Waals surface area contributed by atoms with Crippen LogP contribution in [0, 0.1) is 40.4 Å². The number of aliphatic hydroxyl groups is 2. The van der Waals surface area contributed by atoms with Crippen LogP contribution in [-0.4, -0.2) is 34.7 Å². The lowest BCUT2D eigenvalue weighted by molar-refractivity contribution is -0.693. The van der Waals surface area contributed by atoms with Crippen molar-refractivity contribution in [2.75, 3.05) is 6.54 Å². The first kappa shape index (κ1) is 28.8. The Bertz CT molecular complexity index is 982. The Balaban J connectivity index is 0.00000320. The molecule has 0 spiro atoms. The highest BCUT2D eigenvalue weighted by molar-refractivity contribution is 5.82. The second-order valence-corrected chi connectivity index (χ2v) is 13.3. The number of rotatable bonds is 7. The average Bonchev–Trinajstić information content (AvgIpc) is 3.14. The smallest absolute Gasteiger partial charge is 0.142 e. The van der Waals surface area contributed by atoms with Gasteiger partial charge in [0.05, 0.1) is 19.1 Å². The molecular formula is C32H48ClNO3. The highest BCUT2D eigenvalue weighted by Gasteiger charge is 2.61. The van der Waals surface area contributed by atoms with Gasteiger partial charge in [0.1, 0.15) is 17.9 Å². The molecule has 206 valence electrons. The van der Waals surface area contributed by atoms with Crippen LogP contribution in [0.25, 0.3) is 0 Å². The van der Waals surface area contributed by atoms with Gasteiger partial charge in [0.25, 0.3) is 0 Å². The minimum atomic E-state index is -0.518. The third kappa shape index (κ3) is 5.09. The Labute approximate surface area is 230 Å². The number of carbonyl (C=O) groups is 1. The van der Waals surface area contributed by atoms with E-state index in [-0.39, 0.29) is 41.3 Å². The summed E-state index contributed by atoms with van der Waals surface area (Å²) in [6.45, 7) is 10.0. The van der Waals surface area contributed by atoms with Gasteiger partial charge in [-0.1, -0.05) is 62.8 Å². The lowest BCUT2D eigenvalue weighted by Crippen LogP contribution is -3.00. The summed E-state index contributed by atoms with van der Waals surface area (Å²) in [7, 11) is 0. The van der Waals surface area contributed by atoms with Gasteiger partial charge in [-0.25, -0.2) is 0 Å². The largest absolute Gasteiger partial charge is 1.00 e. The summed E-state index contributed by atoms with van der Waals surface area (Å²) in [5, 5.41) is 23.1. The molecule has 0 heterocycles. The first-order valence-corrected chi connectivity index (χ1v) is 14.6. The van der Waals surface area contributed by atoms with Crippen LogP contribution in [0.3, 0.4) is 0 Å². The van der Waals surface area contributed by atoms with Gasteiger partial charge in [-0.3, -0.25) is 4.79 Å². The molecule has 10 unspecified atom stereocenters. The molecule has 0 aromatic heterocycles. The van der Waals surface area contributed by atoms with E-state index in [0.717, 1.165) is 44.2 Å². The molecule has 3 saturated carbocycles. The molecule has 4 aliphatic rings. The Morgan fingerprint density at radius 3 is 2.59 bits per heavy atom. The topological polar surface area (TPSA) is 74.1 Å². The number of allylic oxidation sites excluding steroid dienone is 1. The highest BCUT2D eigenvalue weighted by atomic mass is 35.5. The van der Waals surface area contributed by atoms with E-state index in [1.54, 1.807) is 0 Å². The highest BCUT2D eigenvalue weighted by Crippen LogP contribution is 2.67. The first-order chi connectivity index (χ1) is 17.1. The Morgan fingerprint density at radius 1 is 1.14 bits per heavy atom. The van der Waals surface area contributed by atoms with Crippen LogP contribution in [0.5, 0.6) is 0 Å². The summed E-state index contributed by atoms with van der Waals surface area (Å²) in [5.41, 5.74) is 2.82. The van der Waals surface area contributed by atoms with Crippen molar-refractivity contribution in [3.8, 4) is 0 Å². The molecule has 0 aliphatic heterocycles. The van der Waals surface area contributed by atoms with E-state index in [9.17, 15) is 15.0 Å². The summed E-state index contributed by atoms with van der Waals surface area (Å²) in [4.78, 5) is 13.7. The van der Waals surface area contributed by atoms with Crippen LogP contribution >= 0.6 is 0 Å². The summed E-state index contributed by atoms with van der Waals surface area (Å²) in [5.74, 6) is 3.08. The predicted octanol–water partition coefficient (Wildman–Crippen LogP) is 1.82. The molecule has 4 N–H and O–H groups in total. The molecule has 1 aromatic rings. The standard InChI is InChI=1S/C32H47NO3.ClH/c1-20-18-27-25-11-10-23-19-24(34)12-15-31(23,3)26(25)13-16-32(27,4)29(20)28(35)14-17-33-21(2)30(36)22-8-6-5-7-9-22;/h5-10,20-21,24-27,29-30,33-34,36H,11-19H2,1-4H3;1H. The summed E-state index contributed by atoms with van der Waals surface area (Å²) in [6, 6.07) is 9.85. The van der Waals surface area contributed by atoms with Crippen molar-refractivity contribution < 1.29 is 32.7 Å². The van der Waals surface area contributed by atoms with E-state index in [1.165, 1.54) is 18.4 Å². The fourth-order valence-corrected chi connectivity index (χ4v) is 9.42. The van der Waals surface area contributed by atoms with Crippen molar-refractivity contribution in [1.29, 1.82) is 0 Å². The van der Waals surface area contributed by atoms with Gasteiger partial charge in [-0.2, -0.15) is 0 Å². The van der Waals surface area contributed by atoms with E-state index in [1.807, 2.05) is 30.3 Å². The molecule has 1 aromatic carbocycles. The van der Waals surface area contributed by atoms with Gasteiger partial charge in [-0.15, -0.1) is 0 Å². The van der Waals surface area contributed by atoms with Gasteiger partial charge < -0.3 is 27.9 Å². The summed E-state index contributed by atoms with van der Waals surface area (Å²) >= 11 is 0. The lowest BCUT2D eigenvalue weighted by atomic mass is 9.47. The number of Topliss-reactive ketones (excluding diaryl/α,β-unsaturated/α-hetero) is 1. The molecule has 10 atom stereocenters. The number of fused-ring (bicyclic) bond motifs is 5. The molecule has 5 rings (SSSR count). The fourth-order valence-electron chi connectivity index (χ4n) is 9.42. The molecule has 37 heavy (non-hydrogen) atoms. The maximum absolute atomic E-state index is 13.7. The van der Waals surface area contributed by atoms with Crippen molar-refractivity contribution in [3.05, 3.63) is 47.5 Å². The monoisotopic (exact) mass is 529 g/mol. The van der Waals surface area contributed by atoms with Crippen LogP contribution in [0.15, 0.2) is 42.0 Å². The Hall–Kier alpha value is -1.20. The van der Waals surface area contributed by atoms with Gasteiger partial charge in [0.2, 0.25) is 0 Å². The Kier molecular flexibility index (Phi) is 8.65. The molecule has 0 amide bonds. The predicted molar refractivity (Wildman–Crippen MR) is 143 cm³/mol. The van der Waals surface area contributed by atoms with E-state index in [0.29, 0.717) is 35.9 Å². The molecular weight excluding hydrogens is 482 g/mol. The lowest BCUT2D eigenvalue weighted by Gasteiger charge is -2.58. The quantitative estimate of drug-likeness (QED) is 0.472. The third-order valence-corrected chi connectivity index (χ3v) is 11.3. The molecule has 4 aliphatic carbocycles. The minimum absolute atomic E-state index is 0. The van der Waals surface area contributed by atoms with Gasteiger partial charge in [0.15, 0.2) is 0 Å². The maximum Gasteiger partial charge on any atom is 0.142 e. The molecule has 4 nitrogen and oxygen atoms in total. The number of nitrogens with two attached hydrogens (primary N) is 1. The van der Waals surface area contributed by atoms with Crippen LogP contribution in [-0.2, 0) is 4.79 Å². The van der Waals surface area contributed by atoms with Gasteiger partial charge in [0, 0.05) is 5.92 Å². The fraction of sp³-hybridized carbons (Fsp3) is 0.719. The molecule has 0 radical (unpaired) electrons. The van der Waals surface area contributed by atoms with Gasteiger partial charge in [-0.05, 0) is 91.9 Å². The minimum Gasteiger partial charge on any atom is -1.00 e. The van der Waals surface area contributed by atoms with Crippen LogP contribution in [0.4, 0.5) is 0 Å². The first-order valence-electron chi connectivity index (χ1n) is 14.6. The Morgan fingerprint density at radius 2 is 1.86 bits per heavy atom. The summed E-state index contributed by atoms with van der Waals surface area (Å²) in [6.07, 6.45) is 10.0. The van der Waals surface area contributed by atoms with Crippen molar-refractivity contribution in [1.82, 2.24) is 0 Å². The van der Waals surface area contributed by atoms with E-state index in [4.69, 9.17) is 0 Å². The number of halogens is 1. The average molecular weight is 530 g/mol. The van der Waals surface area contributed by atoms with E-state index in [2.05, 4.69) is 39.1 Å². The van der Waals surface area contributed by atoms with Crippen molar-refractivity contribution in [3.63, 3.8) is 0 Å². The number of aliphatic hydroxyl groups excluding tert-OH is 2. The zero-order valence-corrected chi connectivity index (χ0v) is 24.0. The number of benzene rings is 1. The molecule has 0 saturated heterocycles. The number of carbonyl (C=O) groups excluding carboxylic acids is 1. The number of quaternary nitrogens is 1. The number of hydrogen-bond donors (Lipinski definition) is 3. The number of hydrogen-bond acceptors (Lipinski definition) is 3. The van der Waals surface area contributed by atoms with Crippen molar-refractivity contribution in [2.24, 2.45) is 40.4 Å². The number of ketones is 1. The molecule has 5 heteroatoms. The third-order valence-electron chi connectivity index (χ3n) is 11.3. The second kappa shape index (κ2) is 11.1. The van der Waals surface area contributed by atoms with E-state index >= 15 is 0 Å². The zero-order chi connectivity index (χ0) is 25.7. The van der Waals surface area contributed by atoms with Crippen molar-refractivity contribution in [2.45, 2.75) is 97.3 Å². The van der Waals surface area contributed by atoms with Crippen LogP contribution in [0.1, 0.15) is 90.7 Å². The van der Waals surface area contributed by atoms with Crippen LogP contribution < -0.4 is 17.7 Å². The van der Waals surface area contributed by atoms with Crippen molar-refractivity contribution >= 4 is 5.78 Å². The molecule has 0 bridgehead atoms. The maximum atomic E-state index is 13.7. The van der Waals surface area contributed by atoms with E-state index < -0.39 is 6.10 Å². The normalized spacial score (nSPS) is 40.3.